The molecule has 2 fully saturated rings. The van der Waals surface area contributed by atoms with Crippen molar-refractivity contribution < 1.29 is 8.42 Å². The Balaban J connectivity index is 1.54. The number of hydrogen-bond acceptors (Lipinski definition) is 5. The molecule has 7 heteroatoms. The van der Waals surface area contributed by atoms with Crippen LogP contribution in [0.15, 0.2) is 23.7 Å². The van der Waals surface area contributed by atoms with E-state index in [2.05, 4.69) is 26.1 Å². The van der Waals surface area contributed by atoms with Gasteiger partial charge in [-0.3, -0.25) is 0 Å². The Morgan fingerprint density at radius 2 is 2.14 bits per heavy atom. The van der Waals surface area contributed by atoms with Gasteiger partial charge in [0, 0.05) is 35.4 Å². The van der Waals surface area contributed by atoms with Crippen molar-refractivity contribution in [2.75, 3.05) is 18.0 Å². The van der Waals surface area contributed by atoms with E-state index in [1.807, 2.05) is 12.3 Å². The normalized spacial score (nSPS) is 23.1. The number of anilines is 1. The molecular weight excluding hydrogens is 318 g/mol. The van der Waals surface area contributed by atoms with E-state index in [1.54, 1.807) is 11.3 Å². The minimum absolute atomic E-state index is 0.00459. The van der Waals surface area contributed by atoms with Gasteiger partial charge in [-0.2, -0.15) is 0 Å². The molecule has 1 saturated carbocycles. The first kappa shape index (κ1) is 14.4. The zero-order valence-corrected chi connectivity index (χ0v) is 13.9. The average Bonchev–Trinajstić information content (AvgIpc) is 3.26. The van der Waals surface area contributed by atoms with Gasteiger partial charge in [-0.1, -0.05) is 0 Å². The lowest BCUT2D eigenvalue weighted by atomic mass is 10.1. The first-order valence-electron chi connectivity index (χ1n) is 7.72. The fourth-order valence-corrected chi connectivity index (χ4v) is 5.49. The predicted molar refractivity (Wildman–Crippen MR) is 89.9 cm³/mol. The van der Waals surface area contributed by atoms with Crippen LogP contribution in [0.1, 0.15) is 25.7 Å². The molecule has 1 unspecified atom stereocenters. The molecular formula is C15H19N3O2S2. The summed E-state index contributed by atoms with van der Waals surface area (Å²) in [6, 6.07) is 4.12. The maximum atomic E-state index is 12.1. The summed E-state index contributed by atoms with van der Waals surface area (Å²) >= 11 is 1.71. The van der Waals surface area contributed by atoms with Crippen molar-refractivity contribution in [3.63, 3.8) is 0 Å². The van der Waals surface area contributed by atoms with Crippen LogP contribution in [-0.2, 0) is 10.0 Å². The maximum Gasteiger partial charge on any atom is 0.214 e. The third-order valence-electron chi connectivity index (χ3n) is 4.37. The zero-order chi connectivity index (χ0) is 15.2. The Bertz CT molecular complexity index is 783. The smallest absolute Gasteiger partial charge is 0.214 e. The first-order valence-corrected chi connectivity index (χ1v) is 10.1. The Hall–Kier alpha value is -1.18. The Morgan fingerprint density at radius 3 is 2.95 bits per heavy atom. The molecule has 5 nitrogen and oxygen atoms in total. The highest BCUT2D eigenvalue weighted by Crippen LogP contribution is 2.31. The quantitative estimate of drug-likeness (QED) is 0.930. The summed E-state index contributed by atoms with van der Waals surface area (Å²) in [5.41, 5.74) is 0. The minimum Gasteiger partial charge on any atom is -0.354 e. The summed E-state index contributed by atoms with van der Waals surface area (Å²) in [5.74, 6) is 0.981. The van der Waals surface area contributed by atoms with Crippen LogP contribution >= 0.6 is 11.3 Å². The number of thiophene rings is 1. The molecule has 2 aromatic heterocycles. The molecule has 1 aliphatic carbocycles. The van der Waals surface area contributed by atoms with E-state index in [0.29, 0.717) is 6.54 Å². The molecule has 1 aliphatic heterocycles. The highest BCUT2D eigenvalue weighted by atomic mass is 32.2. The fourth-order valence-electron chi connectivity index (χ4n) is 3.10. The molecule has 1 N–H and O–H groups in total. The van der Waals surface area contributed by atoms with Crippen LogP contribution in [0.5, 0.6) is 0 Å². The van der Waals surface area contributed by atoms with Crippen LogP contribution in [0.25, 0.3) is 10.1 Å². The molecule has 3 heterocycles. The molecule has 0 spiro atoms. The third kappa shape index (κ3) is 2.73. The van der Waals surface area contributed by atoms with Crippen LogP contribution in [0, 0.1) is 0 Å². The summed E-state index contributed by atoms with van der Waals surface area (Å²) in [6.45, 7) is 1.64. The lowest BCUT2D eigenvalue weighted by molar-refractivity contribution is 0.464. The second kappa shape index (κ2) is 5.47. The van der Waals surface area contributed by atoms with Crippen molar-refractivity contribution in [3.8, 4) is 0 Å². The minimum atomic E-state index is -3.12. The van der Waals surface area contributed by atoms with Gasteiger partial charge in [0.2, 0.25) is 10.0 Å². The van der Waals surface area contributed by atoms with Gasteiger partial charge in [-0.25, -0.2) is 18.1 Å². The van der Waals surface area contributed by atoms with Crippen LogP contribution in [0.3, 0.4) is 0 Å². The van der Waals surface area contributed by atoms with E-state index in [4.69, 9.17) is 0 Å². The number of aromatic nitrogens is 1. The summed E-state index contributed by atoms with van der Waals surface area (Å²) in [4.78, 5) is 6.76. The number of nitrogens with zero attached hydrogens (tertiary/aromatic N) is 2. The zero-order valence-electron chi connectivity index (χ0n) is 12.2. The van der Waals surface area contributed by atoms with Crippen LogP contribution < -0.4 is 9.62 Å². The lowest BCUT2D eigenvalue weighted by Crippen LogP contribution is -2.48. The monoisotopic (exact) mass is 337 g/mol. The number of pyridine rings is 1. The largest absolute Gasteiger partial charge is 0.354 e. The van der Waals surface area contributed by atoms with Gasteiger partial charge < -0.3 is 4.90 Å². The van der Waals surface area contributed by atoms with Gasteiger partial charge >= 0.3 is 0 Å². The van der Waals surface area contributed by atoms with Crippen molar-refractivity contribution in [3.05, 3.63) is 23.7 Å². The molecule has 1 saturated heterocycles. The molecule has 0 bridgehead atoms. The highest BCUT2D eigenvalue weighted by Gasteiger charge is 2.37. The number of hydrogen-bond donors (Lipinski definition) is 1. The van der Waals surface area contributed by atoms with Gasteiger partial charge in [-0.15, -0.1) is 11.3 Å². The standard InChI is InChI=1S/C15H19N3O2S2/c19-22(20,12-3-4-12)17-11-2-1-8-18(10-11)15-13-6-9-21-14(13)5-7-16-15/h5-7,9,11-12,17H,1-4,8,10H2. The lowest BCUT2D eigenvalue weighted by Gasteiger charge is -2.34. The van der Waals surface area contributed by atoms with Crippen LogP contribution in [0.2, 0.25) is 0 Å². The molecule has 0 aromatic carbocycles. The molecule has 1 atom stereocenters. The predicted octanol–water partition coefficient (Wildman–Crippen LogP) is 2.35. The topological polar surface area (TPSA) is 62.3 Å². The molecule has 22 heavy (non-hydrogen) atoms. The fraction of sp³-hybridized carbons (Fsp3) is 0.533. The Labute approximate surface area is 134 Å². The van der Waals surface area contributed by atoms with Crippen molar-refractivity contribution in [2.24, 2.45) is 0 Å². The Morgan fingerprint density at radius 1 is 1.27 bits per heavy atom. The van der Waals surface area contributed by atoms with Gasteiger partial charge in [0.05, 0.1) is 5.25 Å². The van der Waals surface area contributed by atoms with E-state index in [9.17, 15) is 8.42 Å². The van der Waals surface area contributed by atoms with Crippen molar-refractivity contribution in [1.29, 1.82) is 0 Å². The number of nitrogens with one attached hydrogen (secondary N) is 1. The van der Waals surface area contributed by atoms with Gasteiger partial charge in [0.1, 0.15) is 5.82 Å². The number of rotatable bonds is 4. The summed E-state index contributed by atoms with van der Waals surface area (Å²) in [7, 11) is -3.12. The molecule has 2 aromatic rings. The number of piperidine rings is 1. The molecule has 0 amide bonds. The first-order chi connectivity index (χ1) is 10.6. The summed E-state index contributed by atoms with van der Waals surface area (Å²) < 4.78 is 28.4. The second-order valence-electron chi connectivity index (χ2n) is 6.11. The van der Waals surface area contributed by atoms with Crippen molar-refractivity contribution >= 4 is 37.3 Å². The average molecular weight is 337 g/mol. The van der Waals surface area contributed by atoms with E-state index in [1.165, 1.54) is 10.1 Å². The molecule has 0 radical (unpaired) electrons. The van der Waals surface area contributed by atoms with Gasteiger partial charge in [0.15, 0.2) is 0 Å². The highest BCUT2D eigenvalue weighted by molar-refractivity contribution is 7.90. The summed E-state index contributed by atoms with van der Waals surface area (Å²) in [5, 5.41) is 3.09. The van der Waals surface area contributed by atoms with Crippen LogP contribution in [0.4, 0.5) is 5.82 Å². The SMILES string of the molecule is O=S(=O)(NC1CCCN(c2nccc3sccc23)C1)C1CC1. The second-order valence-corrected chi connectivity index (χ2v) is 9.05. The van der Waals surface area contributed by atoms with Gasteiger partial charge in [0.25, 0.3) is 0 Å². The van der Waals surface area contributed by atoms with E-state index in [0.717, 1.165) is 38.0 Å². The van der Waals surface area contributed by atoms with Crippen molar-refractivity contribution in [1.82, 2.24) is 9.71 Å². The van der Waals surface area contributed by atoms with Crippen LogP contribution in [-0.4, -0.2) is 37.8 Å². The number of fused-ring (bicyclic) bond motifs is 1. The van der Waals surface area contributed by atoms with E-state index >= 15 is 0 Å². The third-order valence-corrected chi connectivity index (χ3v) is 7.27. The molecule has 118 valence electrons. The number of sulfonamides is 1. The summed E-state index contributed by atoms with van der Waals surface area (Å²) in [6.07, 6.45) is 5.34. The van der Waals surface area contributed by atoms with Gasteiger partial charge in [-0.05, 0) is 43.2 Å². The Kier molecular flexibility index (Phi) is 3.58. The van der Waals surface area contributed by atoms with Crippen molar-refractivity contribution in [2.45, 2.75) is 37.0 Å². The maximum absolute atomic E-state index is 12.1. The van der Waals surface area contributed by atoms with E-state index in [-0.39, 0.29) is 11.3 Å². The van der Waals surface area contributed by atoms with E-state index < -0.39 is 10.0 Å². The molecule has 4 rings (SSSR count). The molecule has 2 aliphatic rings.